The standard InChI is InChI=1S/C29H35N9O2/c1-2-31-29(39)33-23-7-5-22(6-8-23)26-34-27(37-14-16-40-17-15-37)25-28(35-26)38(20-32-25)24-9-12-36(13-10-24)19-21-4-3-11-30-18-21/h3-8,11,18,20,24H,2,9-10,12-17,19H2,1H3,(H2,31,33,39). The van der Waals surface area contributed by atoms with Gasteiger partial charge in [-0.1, -0.05) is 6.07 Å². The number of carbonyl (C=O) groups is 1. The number of nitrogens with one attached hydrogen (secondary N) is 2. The minimum Gasteiger partial charge on any atom is -0.378 e. The molecule has 2 aliphatic rings. The summed E-state index contributed by atoms with van der Waals surface area (Å²) in [6.07, 6.45) is 7.76. The van der Waals surface area contributed by atoms with E-state index in [1.165, 1.54) is 5.56 Å². The summed E-state index contributed by atoms with van der Waals surface area (Å²) in [4.78, 5) is 35.8. The number of hydrogen-bond donors (Lipinski definition) is 2. The van der Waals surface area contributed by atoms with Crippen molar-refractivity contribution in [2.45, 2.75) is 32.4 Å². The lowest BCUT2D eigenvalue weighted by Crippen LogP contribution is -2.37. The van der Waals surface area contributed by atoms with Crippen LogP contribution in [0, 0.1) is 0 Å². The number of imidazole rings is 1. The average molecular weight is 542 g/mol. The third kappa shape index (κ3) is 5.75. The van der Waals surface area contributed by atoms with E-state index in [-0.39, 0.29) is 6.03 Å². The van der Waals surface area contributed by atoms with E-state index in [2.05, 4.69) is 36.1 Å². The molecule has 2 N–H and O–H groups in total. The number of carbonyl (C=O) groups excluding carboxylic acids is 1. The first-order valence-corrected chi connectivity index (χ1v) is 14.0. The van der Waals surface area contributed by atoms with Crippen LogP contribution in [0.5, 0.6) is 0 Å². The Balaban J connectivity index is 1.27. The van der Waals surface area contributed by atoms with Crippen LogP contribution in [0.25, 0.3) is 22.6 Å². The number of ether oxygens (including phenoxy) is 1. The number of hydrogen-bond acceptors (Lipinski definition) is 8. The second-order valence-corrected chi connectivity index (χ2v) is 10.2. The van der Waals surface area contributed by atoms with Crippen molar-refractivity contribution in [1.82, 2.24) is 34.7 Å². The van der Waals surface area contributed by atoms with E-state index in [1.807, 2.05) is 56.0 Å². The van der Waals surface area contributed by atoms with E-state index in [0.29, 0.717) is 37.3 Å². The van der Waals surface area contributed by atoms with Gasteiger partial charge in [0.25, 0.3) is 0 Å². The van der Waals surface area contributed by atoms with Crippen molar-refractivity contribution in [3.8, 4) is 11.4 Å². The number of fused-ring (bicyclic) bond motifs is 1. The average Bonchev–Trinajstić information content (AvgIpc) is 3.43. The molecule has 0 unspecified atom stereocenters. The maximum absolute atomic E-state index is 11.9. The molecule has 2 saturated heterocycles. The summed E-state index contributed by atoms with van der Waals surface area (Å²) >= 11 is 0. The first kappa shape index (κ1) is 26.1. The van der Waals surface area contributed by atoms with Gasteiger partial charge in [0.15, 0.2) is 22.8 Å². The number of benzene rings is 1. The summed E-state index contributed by atoms with van der Waals surface area (Å²) in [7, 11) is 0. The summed E-state index contributed by atoms with van der Waals surface area (Å²) in [6.45, 7) is 8.25. The normalized spacial score (nSPS) is 16.8. The van der Waals surface area contributed by atoms with Gasteiger partial charge in [-0.05, 0) is 55.7 Å². The molecule has 0 aliphatic carbocycles. The van der Waals surface area contributed by atoms with Gasteiger partial charge < -0.3 is 24.8 Å². The van der Waals surface area contributed by atoms with Crippen LogP contribution in [0.1, 0.15) is 31.4 Å². The molecule has 2 amide bonds. The summed E-state index contributed by atoms with van der Waals surface area (Å²) < 4.78 is 7.85. The predicted molar refractivity (Wildman–Crippen MR) is 154 cm³/mol. The highest BCUT2D eigenvalue weighted by Gasteiger charge is 2.26. The number of pyridine rings is 1. The van der Waals surface area contributed by atoms with Crippen LogP contribution in [0.3, 0.4) is 0 Å². The Hall–Kier alpha value is -4.09. The number of piperidine rings is 1. The quantitative estimate of drug-likeness (QED) is 0.364. The lowest BCUT2D eigenvalue weighted by molar-refractivity contribution is 0.122. The monoisotopic (exact) mass is 541 g/mol. The molecular formula is C29H35N9O2. The van der Waals surface area contributed by atoms with Crippen molar-refractivity contribution in [2.24, 2.45) is 0 Å². The molecule has 2 aliphatic heterocycles. The van der Waals surface area contributed by atoms with Gasteiger partial charge in [-0.15, -0.1) is 0 Å². The van der Waals surface area contributed by atoms with Crippen LogP contribution in [-0.4, -0.2) is 81.4 Å². The SMILES string of the molecule is CCNC(=O)Nc1ccc(-c2nc(N3CCOCC3)c3ncn(C4CCN(Cc5cccnc5)CC4)c3n2)cc1. The van der Waals surface area contributed by atoms with E-state index in [9.17, 15) is 4.79 Å². The number of rotatable bonds is 7. The smallest absolute Gasteiger partial charge is 0.319 e. The second kappa shape index (κ2) is 12.0. The van der Waals surface area contributed by atoms with Gasteiger partial charge in [-0.3, -0.25) is 9.88 Å². The zero-order valence-electron chi connectivity index (χ0n) is 22.8. The molecule has 11 nitrogen and oxygen atoms in total. The molecule has 208 valence electrons. The molecule has 11 heteroatoms. The van der Waals surface area contributed by atoms with Crippen LogP contribution in [-0.2, 0) is 11.3 Å². The highest BCUT2D eigenvalue weighted by molar-refractivity contribution is 5.90. The topological polar surface area (TPSA) is 113 Å². The Labute approximate surface area is 233 Å². The molecule has 6 rings (SSSR count). The molecule has 0 bridgehead atoms. The maximum Gasteiger partial charge on any atom is 0.319 e. The van der Waals surface area contributed by atoms with Crippen molar-refractivity contribution >= 4 is 28.7 Å². The minimum atomic E-state index is -0.224. The molecule has 1 aromatic carbocycles. The Morgan fingerprint density at radius 1 is 1.05 bits per heavy atom. The number of aromatic nitrogens is 5. The number of morpholine rings is 1. The van der Waals surface area contributed by atoms with Gasteiger partial charge in [-0.2, -0.15) is 0 Å². The number of amides is 2. The van der Waals surface area contributed by atoms with Crippen LogP contribution in [0.15, 0.2) is 55.1 Å². The van der Waals surface area contributed by atoms with E-state index in [1.54, 1.807) is 0 Å². The maximum atomic E-state index is 11.9. The first-order valence-electron chi connectivity index (χ1n) is 14.0. The molecule has 40 heavy (non-hydrogen) atoms. The summed E-state index contributed by atoms with van der Waals surface area (Å²) in [5, 5.41) is 5.59. The minimum absolute atomic E-state index is 0.224. The van der Waals surface area contributed by atoms with E-state index < -0.39 is 0 Å². The molecule has 0 saturated carbocycles. The molecular weight excluding hydrogens is 506 g/mol. The molecule has 0 spiro atoms. The van der Waals surface area contributed by atoms with Gasteiger partial charge in [0.1, 0.15) is 0 Å². The fourth-order valence-electron chi connectivity index (χ4n) is 5.44. The summed E-state index contributed by atoms with van der Waals surface area (Å²) in [5.74, 6) is 1.50. The Kier molecular flexibility index (Phi) is 7.83. The number of urea groups is 1. The molecule has 4 aromatic rings. The molecule has 5 heterocycles. The number of likely N-dealkylation sites (tertiary alicyclic amines) is 1. The Bertz CT molecular complexity index is 1430. The van der Waals surface area contributed by atoms with E-state index in [4.69, 9.17) is 19.7 Å². The molecule has 2 fully saturated rings. The Morgan fingerprint density at radius 2 is 1.85 bits per heavy atom. The largest absolute Gasteiger partial charge is 0.378 e. The predicted octanol–water partition coefficient (Wildman–Crippen LogP) is 3.70. The van der Waals surface area contributed by atoms with Crippen LogP contribution < -0.4 is 15.5 Å². The van der Waals surface area contributed by atoms with Crippen molar-refractivity contribution in [3.63, 3.8) is 0 Å². The number of nitrogens with zero attached hydrogens (tertiary/aromatic N) is 7. The zero-order chi connectivity index (χ0) is 27.3. The lowest BCUT2D eigenvalue weighted by atomic mass is 10.0. The van der Waals surface area contributed by atoms with Crippen LogP contribution in [0.2, 0.25) is 0 Å². The Morgan fingerprint density at radius 3 is 2.58 bits per heavy atom. The zero-order valence-corrected chi connectivity index (χ0v) is 22.8. The molecule has 3 aromatic heterocycles. The number of anilines is 2. The third-order valence-electron chi connectivity index (χ3n) is 7.53. The highest BCUT2D eigenvalue weighted by atomic mass is 16.5. The lowest BCUT2D eigenvalue weighted by Gasteiger charge is -2.32. The van der Waals surface area contributed by atoms with Crippen molar-refractivity contribution in [1.29, 1.82) is 0 Å². The van der Waals surface area contributed by atoms with Crippen LogP contribution >= 0.6 is 0 Å². The third-order valence-corrected chi connectivity index (χ3v) is 7.53. The van der Waals surface area contributed by atoms with Crippen LogP contribution in [0.4, 0.5) is 16.3 Å². The van der Waals surface area contributed by atoms with Gasteiger partial charge >= 0.3 is 6.03 Å². The van der Waals surface area contributed by atoms with E-state index in [0.717, 1.165) is 68.1 Å². The highest BCUT2D eigenvalue weighted by Crippen LogP contribution is 2.32. The molecule has 0 radical (unpaired) electrons. The molecule has 0 atom stereocenters. The first-order chi connectivity index (χ1) is 19.7. The van der Waals surface area contributed by atoms with Gasteiger partial charge in [0.2, 0.25) is 0 Å². The van der Waals surface area contributed by atoms with E-state index >= 15 is 0 Å². The van der Waals surface area contributed by atoms with Crippen molar-refractivity contribution < 1.29 is 9.53 Å². The fraction of sp³-hybridized carbons (Fsp3) is 0.414. The van der Waals surface area contributed by atoms with Gasteiger partial charge in [0, 0.05) is 69.0 Å². The summed E-state index contributed by atoms with van der Waals surface area (Å²) in [5.41, 5.74) is 4.54. The van der Waals surface area contributed by atoms with Crippen molar-refractivity contribution in [2.75, 3.05) is 56.2 Å². The summed E-state index contributed by atoms with van der Waals surface area (Å²) in [6, 6.07) is 11.9. The van der Waals surface area contributed by atoms with Gasteiger partial charge in [0.05, 0.1) is 19.5 Å². The fourth-order valence-corrected chi connectivity index (χ4v) is 5.44. The van der Waals surface area contributed by atoms with Gasteiger partial charge in [-0.25, -0.2) is 19.7 Å². The second-order valence-electron chi connectivity index (χ2n) is 10.2. The van der Waals surface area contributed by atoms with Crippen molar-refractivity contribution in [3.05, 3.63) is 60.7 Å².